The molecule has 128 valence electrons. The number of ether oxygens (including phenoxy) is 1. The van der Waals surface area contributed by atoms with Crippen LogP contribution in [0.3, 0.4) is 0 Å². The molecule has 0 atom stereocenters. The molecule has 0 amide bonds. The van der Waals surface area contributed by atoms with Gasteiger partial charge in [-0.25, -0.2) is 0 Å². The van der Waals surface area contributed by atoms with Crippen LogP contribution in [0.2, 0.25) is 0 Å². The summed E-state index contributed by atoms with van der Waals surface area (Å²) >= 11 is 0. The molecule has 0 aromatic carbocycles. The molecule has 0 saturated heterocycles. The van der Waals surface area contributed by atoms with Crippen LogP contribution in [0.1, 0.15) is 104 Å². The number of hydrogen-bond acceptors (Lipinski definition) is 2. The van der Waals surface area contributed by atoms with Crippen LogP contribution in [-0.2, 0) is 9.53 Å². The molecule has 0 saturated carbocycles. The predicted octanol–water partition coefficient (Wildman–Crippen LogP) is 4.85. The van der Waals surface area contributed by atoms with Gasteiger partial charge in [0.15, 0.2) is 0 Å². The number of esters is 1. The van der Waals surface area contributed by atoms with Crippen LogP contribution < -0.4 is 0 Å². The monoisotopic (exact) mass is 496 g/mol. The van der Waals surface area contributed by atoms with Crippen LogP contribution in [0, 0.1) is 0 Å². The molecule has 21 heavy (non-hydrogen) atoms. The molecule has 0 N–H and O–H groups in total. The maximum atomic E-state index is 11.5. The van der Waals surface area contributed by atoms with Gasteiger partial charge in [0.25, 0.3) is 0 Å². The quantitative estimate of drug-likeness (QED) is 0.184. The first-order chi connectivity index (χ1) is 9.81. The van der Waals surface area contributed by atoms with Crippen LogP contribution in [0.5, 0.6) is 0 Å². The molecule has 0 aromatic heterocycles. The van der Waals surface area contributed by atoms with Crippen molar-refractivity contribution in [3.63, 3.8) is 0 Å². The minimum atomic E-state index is 0. The Morgan fingerprint density at radius 1 is 0.667 bits per heavy atom. The van der Waals surface area contributed by atoms with Crippen molar-refractivity contribution in [1.82, 2.24) is 0 Å². The van der Waals surface area contributed by atoms with Gasteiger partial charge in [-0.15, -0.1) is 0 Å². The Kier molecular flexibility index (Phi) is 22.9. The number of unbranched alkanes of at least 4 members (excludes halogenated alkanes) is 11. The normalized spacial score (nSPS) is 10.2. The number of carbonyl (C=O) groups excluding carboxylic acids is 1. The summed E-state index contributed by atoms with van der Waals surface area (Å²) in [4.78, 5) is 11.5. The number of carbonyl (C=O) groups is 1. The van der Waals surface area contributed by atoms with E-state index in [-0.39, 0.29) is 32.2 Å². The van der Waals surface area contributed by atoms with E-state index in [0.29, 0.717) is 13.0 Å². The van der Waals surface area contributed by atoms with Crippen LogP contribution in [-0.4, -0.2) is 38.8 Å². The molecule has 0 fully saturated rings. The average molecular weight is 496 g/mol. The number of rotatable bonds is 15. The molecular weight excluding hydrogens is 457 g/mol. The first kappa shape index (κ1) is 23.6. The van der Waals surface area contributed by atoms with Crippen molar-refractivity contribution in [2.24, 2.45) is 0 Å². The van der Waals surface area contributed by atoms with Crippen molar-refractivity contribution in [3.05, 3.63) is 0 Å². The van der Waals surface area contributed by atoms with Gasteiger partial charge >= 0.3 is 32.2 Å². The standard InChI is InChI=1S/C18H36O2.Bi.3H/c1-3-5-7-9-11-12-14-16-18(19)20-17-15-13-10-8-6-4-2;;;;/h3-17H2,1-2H3;;;;. The Labute approximate surface area is 151 Å². The predicted molar refractivity (Wildman–Crippen MR) is 96.9 cm³/mol. The fourth-order valence-electron chi connectivity index (χ4n) is 2.37. The molecule has 0 radical (unpaired) electrons. The first-order valence-corrected chi connectivity index (χ1v) is 8.96. The van der Waals surface area contributed by atoms with E-state index < -0.39 is 0 Å². The Bertz CT molecular complexity index is 187. The summed E-state index contributed by atoms with van der Waals surface area (Å²) in [6.07, 6.45) is 16.8. The summed E-state index contributed by atoms with van der Waals surface area (Å²) in [5, 5.41) is 0. The van der Waals surface area contributed by atoms with Crippen molar-refractivity contribution in [2.45, 2.75) is 104 Å². The Balaban J connectivity index is 0. The molecule has 0 spiro atoms. The fourth-order valence-corrected chi connectivity index (χ4v) is 2.37. The van der Waals surface area contributed by atoms with Gasteiger partial charge in [0.1, 0.15) is 0 Å². The van der Waals surface area contributed by atoms with Gasteiger partial charge in [0.05, 0.1) is 6.61 Å². The summed E-state index contributed by atoms with van der Waals surface area (Å²) in [6.45, 7) is 5.09. The zero-order valence-electron chi connectivity index (χ0n) is 14.6. The van der Waals surface area contributed by atoms with Crippen LogP contribution in [0.25, 0.3) is 0 Å². The molecule has 0 aromatic rings. The number of hydrogen-bond donors (Lipinski definition) is 0. The van der Waals surface area contributed by atoms with E-state index in [9.17, 15) is 4.79 Å². The topological polar surface area (TPSA) is 26.3 Å². The first-order valence-electron chi connectivity index (χ1n) is 8.96. The van der Waals surface area contributed by atoms with Crippen LogP contribution in [0.4, 0.5) is 0 Å². The van der Waals surface area contributed by atoms with E-state index >= 15 is 0 Å². The third-order valence-corrected chi connectivity index (χ3v) is 3.75. The maximum absolute atomic E-state index is 11.5. The van der Waals surface area contributed by atoms with Crippen molar-refractivity contribution in [2.75, 3.05) is 6.61 Å². The SMILES string of the molecule is CCCCCCCCCC(=O)OCCCCCCCC.[BiH3]. The van der Waals surface area contributed by atoms with Crippen LogP contribution >= 0.6 is 0 Å². The van der Waals surface area contributed by atoms with Gasteiger partial charge in [0.2, 0.25) is 0 Å². The molecule has 0 aliphatic carbocycles. The molecule has 0 aliphatic heterocycles. The van der Waals surface area contributed by atoms with Crippen molar-refractivity contribution in [1.29, 1.82) is 0 Å². The molecule has 2 nitrogen and oxygen atoms in total. The van der Waals surface area contributed by atoms with Crippen molar-refractivity contribution in [3.8, 4) is 0 Å². The van der Waals surface area contributed by atoms with E-state index in [1.54, 1.807) is 0 Å². The summed E-state index contributed by atoms with van der Waals surface area (Å²) < 4.78 is 5.25. The summed E-state index contributed by atoms with van der Waals surface area (Å²) in [6, 6.07) is 0. The molecule has 0 unspecified atom stereocenters. The zero-order chi connectivity index (χ0) is 14.9. The molecule has 0 aliphatic rings. The molecule has 0 heterocycles. The third-order valence-electron chi connectivity index (χ3n) is 3.75. The van der Waals surface area contributed by atoms with E-state index in [4.69, 9.17) is 4.74 Å². The van der Waals surface area contributed by atoms with E-state index in [0.717, 1.165) is 12.8 Å². The van der Waals surface area contributed by atoms with Gasteiger partial charge in [-0.3, -0.25) is 4.79 Å². The molecular formula is C18H39BiO2. The minimum absolute atomic E-state index is 0. The van der Waals surface area contributed by atoms with Gasteiger partial charge in [-0.1, -0.05) is 84.5 Å². The van der Waals surface area contributed by atoms with E-state index in [2.05, 4.69) is 13.8 Å². The van der Waals surface area contributed by atoms with E-state index in [1.165, 1.54) is 70.6 Å². The Hall–Kier alpha value is 0.353. The van der Waals surface area contributed by atoms with Gasteiger partial charge in [-0.05, 0) is 12.8 Å². The summed E-state index contributed by atoms with van der Waals surface area (Å²) in [5.41, 5.74) is 0. The molecule has 0 rings (SSSR count). The Morgan fingerprint density at radius 3 is 1.62 bits per heavy atom. The second-order valence-electron chi connectivity index (χ2n) is 5.86. The summed E-state index contributed by atoms with van der Waals surface area (Å²) in [7, 11) is 0. The molecule has 3 heteroatoms. The van der Waals surface area contributed by atoms with Crippen molar-refractivity contribution < 1.29 is 9.53 Å². The second-order valence-corrected chi connectivity index (χ2v) is 5.86. The second kappa shape index (κ2) is 20.4. The third kappa shape index (κ3) is 20.4. The fraction of sp³-hybridized carbons (Fsp3) is 0.944. The molecule has 0 bridgehead atoms. The van der Waals surface area contributed by atoms with E-state index in [1.807, 2.05) is 0 Å². The van der Waals surface area contributed by atoms with Gasteiger partial charge in [-0.2, -0.15) is 0 Å². The zero-order valence-corrected chi connectivity index (χ0v) is 20.1. The van der Waals surface area contributed by atoms with Crippen LogP contribution in [0.15, 0.2) is 0 Å². The average Bonchev–Trinajstić information content (AvgIpc) is 2.45. The van der Waals surface area contributed by atoms with Gasteiger partial charge < -0.3 is 4.74 Å². The van der Waals surface area contributed by atoms with Crippen molar-refractivity contribution >= 4 is 32.2 Å². The Morgan fingerprint density at radius 2 is 1.10 bits per heavy atom. The van der Waals surface area contributed by atoms with Gasteiger partial charge in [0, 0.05) is 6.42 Å². The summed E-state index contributed by atoms with van der Waals surface area (Å²) in [5.74, 6) is 0.00659.